The molecule has 1 aliphatic carbocycles. The smallest absolute Gasteiger partial charge is 0.00132 e. The monoisotopic (exact) mass is 250 g/mol. The summed E-state index contributed by atoms with van der Waals surface area (Å²) >= 11 is 0. The summed E-state index contributed by atoms with van der Waals surface area (Å²) in [6, 6.07) is 13.7. The van der Waals surface area contributed by atoms with Crippen LogP contribution in [0.25, 0.3) is 11.1 Å². The van der Waals surface area contributed by atoms with Crippen LogP contribution in [0.15, 0.2) is 36.4 Å². The van der Waals surface area contributed by atoms with E-state index in [1.54, 1.807) is 0 Å². The van der Waals surface area contributed by atoms with Crippen molar-refractivity contribution in [1.29, 1.82) is 0 Å². The van der Waals surface area contributed by atoms with Crippen molar-refractivity contribution >= 4 is 0 Å². The zero-order valence-corrected chi connectivity index (χ0v) is 12.3. The Morgan fingerprint density at radius 2 is 1.58 bits per heavy atom. The van der Waals surface area contributed by atoms with Gasteiger partial charge in [-0.2, -0.15) is 0 Å². The zero-order chi connectivity index (χ0) is 13.6. The van der Waals surface area contributed by atoms with E-state index in [-0.39, 0.29) is 0 Å². The maximum absolute atomic E-state index is 2.43. The molecule has 0 fully saturated rings. The lowest BCUT2D eigenvalue weighted by molar-refractivity contribution is 0.833. The van der Waals surface area contributed by atoms with E-state index in [0.29, 0.717) is 11.8 Å². The van der Waals surface area contributed by atoms with E-state index in [4.69, 9.17) is 0 Å². The molecule has 0 aliphatic heterocycles. The summed E-state index contributed by atoms with van der Waals surface area (Å²) in [5.74, 6) is 1.19. The Bertz CT molecular complexity index is 618. The number of fused-ring (bicyclic) bond motifs is 3. The molecule has 0 spiro atoms. The topological polar surface area (TPSA) is 0 Å². The minimum Gasteiger partial charge on any atom is -0.0619 e. The van der Waals surface area contributed by atoms with Gasteiger partial charge in [0.2, 0.25) is 0 Å². The quantitative estimate of drug-likeness (QED) is 0.563. The van der Waals surface area contributed by atoms with E-state index in [0.717, 1.165) is 6.42 Å². The summed E-state index contributed by atoms with van der Waals surface area (Å²) in [4.78, 5) is 0. The summed E-state index contributed by atoms with van der Waals surface area (Å²) in [5.41, 5.74) is 8.98. The van der Waals surface area contributed by atoms with Gasteiger partial charge in [0, 0.05) is 0 Å². The lowest BCUT2D eigenvalue weighted by Gasteiger charge is -2.17. The summed E-state index contributed by atoms with van der Waals surface area (Å²) in [6.07, 6.45) is 1.10. The third kappa shape index (κ3) is 2.00. The van der Waals surface area contributed by atoms with Crippen molar-refractivity contribution in [2.75, 3.05) is 0 Å². The number of rotatable bonds is 2. The molecule has 0 amide bonds. The van der Waals surface area contributed by atoms with Crippen LogP contribution in [-0.4, -0.2) is 0 Å². The SMILES string of the molecule is CC(C)c1cc2c(c(C(C)C)c1)-c1ccccc1C2. The zero-order valence-electron chi connectivity index (χ0n) is 12.3. The Morgan fingerprint density at radius 3 is 2.26 bits per heavy atom. The highest BCUT2D eigenvalue weighted by Gasteiger charge is 2.23. The molecule has 0 radical (unpaired) electrons. The molecule has 0 N–H and O–H groups in total. The van der Waals surface area contributed by atoms with Crippen LogP contribution in [-0.2, 0) is 6.42 Å². The maximum Gasteiger partial charge on any atom is -0.00132 e. The Labute approximate surface area is 116 Å². The van der Waals surface area contributed by atoms with Crippen molar-refractivity contribution in [3.05, 3.63) is 58.7 Å². The van der Waals surface area contributed by atoms with Crippen LogP contribution in [0.5, 0.6) is 0 Å². The fourth-order valence-electron chi connectivity index (χ4n) is 3.13. The van der Waals surface area contributed by atoms with Crippen LogP contribution in [0.1, 0.15) is 61.8 Å². The van der Waals surface area contributed by atoms with Crippen LogP contribution in [0.3, 0.4) is 0 Å². The van der Waals surface area contributed by atoms with Crippen LogP contribution in [0, 0.1) is 0 Å². The van der Waals surface area contributed by atoms with Gasteiger partial charge in [-0.15, -0.1) is 0 Å². The molecule has 0 saturated carbocycles. The predicted octanol–water partition coefficient (Wildman–Crippen LogP) is 5.50. The highest BCUT2D eigenvalue weighted by molar-refractivity contribution is 5.80. The first-order valence-corrected chi connectivity index (χ1v) is 7.33. The minimum atomic E-state index is 0.582. The summed E-state index contributed by atoms with van der Waals surface area (Å²) < 4.78 is 0. The molecule has 98 valence electrons. The van der Waals surface area contributed by atoms with Crippen LogP contribution in [0.4, 0.5) is 0 Å². The largest absolute Gasteiger partial charge is 0.0619 e. The average Bonchev–Trinajstić information content (AvgIpc) is 2.75. The maximum atomic E-state index is 2.43. The van der Waals surface area contributed by atoms with Gasteiger partial charge in [0.1, 0.15) is 0 Å². The first kappa shape index (κ1) is 12.5. The molecule has 0 bridgehead atoms. The van der Waals surface area contributed by atoms with E-state index in [2.05, 4.69) is 64.1 Å². The molecule has 3 rings (SSSR count). The first-order chi connectivity index (χ1) is 9.08. The van der Waals surface area contributed by atoms with Crippen molar-refractivity contribution < 1.29 is 0 Å². The van der Waals surface area contributed by atoms with E-state index in [1.165, 1.54) is 33.4 Å². The van der Waals surface area contributed by atoms with Gasteiger partial charge in [0.25, 0.3) is 0 Å². The van der Waals surface area contributed by atoms with E-state index in [1.807, 2.05) is 0 Å². The van der Waals surface area contributed by atoms with Crippen molar-refractivity contribution in [3.8, 4) is 11.1 Å². The van der Waals surface area contributed by atoms with Gasteiger partial charge in [-0.1, -0.05) is 64.1 Å². The third-order valence-corrected chi connectivity index (χ3v) is 4.23. The van der Waals surface area contributed by atoms with Crippen molar-refractivity contribution in [3.63, 3.8) is 0 Å². The summed E-state index contributed by atoms with van der Waals surface area (Å²) in [6.45, 7) is 9.18. The van der Waals surface area contributed by atoms with Gasteiger partial charge in [-0.25, -0.2) is 0 Å². The highest BCUT2D eigenvalue weighted by atomic mass is 14.3. The number of hydrogen-bond donors (Lipinski definition) is 0. The van der Waals surface area contributed by atoms with Gasteiger partial charge in [-0.3, -0.25) is 0 Å². The molecule has 19 heavy (non-hydrogen) atoms. The lowest BCUT2D eigenvalue weighted by Crippen LogP contribution is -1.98. The van der Waals surface area contributed by atoms with Gasteiger partial charge in [-0.05, 0) is 51.6 Å². The van der Waals surface area contributed by atoms with Crippen LogP contribution < -0.4 is 0 Å². The van der Waals surface area contributed by atoms with Gasteiger partial charge < -0.3 is 0 Å². The fourth-order valence-corrected chi connectivity index (χ4v) is 3.13. The molecule has 2 aromatic carbocycles. The molecular weight excluding hydrogens is 228 g/mol. The summed E-state index contributed by atoms with van der Waals surface area (Å²) in [5, 5.41) is 0. The molecular formula is C19H22. The molecule has 0 saturated heterocycles. The van der Waals surface area contributed by atoms with E-state index in [9.17, 15) is 0 Å². The molecule has 0 heterocycles. The molecule has 1 aliphatic rings. The van der Waals surface area contributed by atoms with Crippen molar-refractivity contribution in [1.82, 2.24) is 0 Å². The second-order valence-electron chi connectivity index (χ2n) is 6.29. The summed E-state index contributed by atoms with van der Waals surface area (Å²) in [7, 11) is 0. The lowest BCUT2D eigenvalue weighted by atomic mass is 9.88. The van der Waals surface area contributed by atoms with Crippen LogP contribution >= 0.6 is 0 Å². The first-order valence-electron chi connectivity index (χ1n) is 7.33. The molecule has 0 nitrogen and oxygen atoms in total. The van der Waals surface area contributed by atoms with Gasteiger partial charge in [0.15, 0.2) is 0 Å². The molecule has 0 heteroatoms. The fraction of sp³-hybridized carbons (Fsp3) is 0.368. The molecule has 0 unspecified atom stereocenters. The third-order valence-electron chi connectivity index (χ3n) is 4.23. The average molecular weight is 250 g/mol. The van der Waals surface area contributed by atoms with E-state index < -0.39 is 0 Å². The second-order valence-corrected chi connectivity index (χ2v) is 6.29. The Morgan fingerprint density at radius 1 is 0.842 bits per heavy atom. The minimum absolute atomic E-state index is 0.582. The Balaban J connectivity index is 2.26. The Kier molecular flexibility index (Phi) is 2.97. The predicted molar refractivity (Wildman–Crippen MR) is 82.9 cm³/mol. The molecule has 0 atom stereocenters. The van der Waals surface area contributed by atoms with Crippen LogP contribution in [0.2, 0.25) is 0 Å². The van der Waals surface area contributed by atoms with Gasteiger partial charge >= 0.3 is 0 Å². The normalized spacial score (nSPS) is 12.9. The molecule has 2 aromatic rings. The van der Waals surface area contributed by atoms with Gasteiger partial charge in [0.05, 0.1) is 0 Å². The van der Waals surface area contributed by atoms with Crippen molar-refractivity contribution in [2.24, 2.45) is 0 Å². The van der Waals surface area contributed by atoms with E-state index >= 15 is 0 Å². The second kappa shape index (κ2) is 4.52. The molecule has 0 aromatic heterocycles. The highest BCUT2D eigenvalue weighted by Crippen LogP contribution is 2.42. The Hall–Kier alpha value is -1.56. The standard InChI is InChI=1S/C19H22/c1-12(2)15-10-16-9-14-7-5-6-8-17(14)19(16)18(11-15)13(3)4/h5-8,10-13H,9H2,1-4H3. The number of hydrogen-bond acceptors (Lipinski definition) is 0. The number of benzene rings is 2. The van der Waals surface area contributed by atoms with Crippen molar-refractivity contribution in [2.45, 2.75) is 46.0 Å².